The minimum absolute atomic E-state index is 0.0615. The van der Waals surface area contributed by atoms with Gasteiger partial charge in [-0.15, -0.1) is 0 Å². The van der Waals surface area contributed by atoms with Crippen molar-refractivity contribution in [1.82, 2.24) is 4.90 Å². The summed E-state index contributed by atoms with van der Waals surface area (Å²) in [5.74, 6) is -0.258. The summed E-state index contributed by atoms with van der Waals surface area (Å²) < 4.78 is 12.9. The largest absolute Gasteiger partial charge is 0.390 e. The first kappa shape index (κ1) is 19.7. The van der Waals surface area contributed by atoms with Crippen molar-refractivity contribution < 1.29 is 14.3 Å². The first-order chi connectivity index (χ1) is 13.0. The van der Waals surface area contributed by atoms with Crippen molar-refractivity contribution in [2.24, 2.45) is 0 Å². The van der Waals surface area contributed by atoms with Crippen LogP contribution in [0.2, 0.25) is 0 Å². The van der Waals surface area contributed by atoms with E-state index in [-0.39, 0.29) is 11.6 Å². The summed E-state index contributed by atoms with van der Waals surface area (Å²) in [6.07, 6.45) is 4.54. The Morgan fingerprint density at radius 3 is 2.37 bits per heavy atom. The van der Waals surface area contributed by atoms with E-state index in [0.29, 0.717) is 12.0 Å². The predicted molar refractivity (Wildman–Crippen MR) is 105 cm³/mol. The van der Waals surface area contributed by atoms with E-state index in [4.69, 9.17) is 0 Å². The molecule has 0 bridgehead atoms. The van der Waals surface area contributed by atoms with Crippen LogP contribution in [0.3, 0.4) is 0 Å². The number of ketones is 1. The van der Waals surface area contributed by atoms with Crippen molar-refractivity contribution in [2.75, 3.05) is 19.6 Å². The minimum atomic E-state index is -0.573. The highest BCUT2D eigenvalue weighted by molar-refractivity contribution is 5.95. The first-order valence-corrected chi connectivity index (χ1v) is 9.82. The number of Topliss-reactive ketones (excluding diaryl/α,β-unsaturated/α-hetero) is 1. The van der Waals surface area contributed by atoms with Crippen LogP contribution in [-0.2, 0) is 6.42 Å². The van der Waals surface area contributed by atoms with Gasteiger partial charge in [0.1, 0.15) is 5.82 Å². The van der Waals surface area contributed by atoms with Gasteiger partial charge >= 0.3 is 0 Å². The summed E-state index contributed by atoms with van der Waals surface area (Å²) in [6, 6.07) is 16.0. The standard InChI is InChI=1S/C23H28FNO2/c24-21-10-8-20(9-11-21)22(26)7-4-16-25-17-14-23(27,15-18-25)13-12-19-5-2-1-3-6-19/h1-3,5-6,8-11,27H,4,7,12-18H2. The van der Waals surface area contributed by atoms with Gasteiger partial charge in [0, 0.05) is 25.1 Å². The zero-order chi connectivity index (χ0) is 19.1. The van der Waals surface area contributed by atoms with Crippen LogP contribution in [0.5, 0.6) is 0 Å². The van der Waals surface area contributed by atoms with E-state index in [0.717, 1.165) is 51.7 Å². The Labute approximate surface area is 160 Å². The van der Waals surface area contributed by atoms with Crippen LogP contribution in [0.15, 0.2) is 54.6 Å². The molecule has 1 aliphatic rings. The van der Waals surface area contributed by atoms with Gasteiger partial charge in [0.25, 0.3) is 0 Å². The number of hydrogen-bond donors (Lipinski definition) is 1. The van der Waals surface area contributed by atoms with Crippen LogP contribution < -0.4 is 0 Å². The van der Waals surface area contributed by atoms with E-state index in [1.807, 2.05) is 18.2 Å². The Bertz CT molecular complexity index is 722. The van der Waals surface area contributed by atoms with Crippen molar-refractivity contribution in [1.29, 1.82) is 0 Å². The van der Waals surface area contributed by atoms with Gasteiger partial charge in [-0.25, -0.2) is 4.39 Å². The number of aryl methyl sites for hydroxylation is 1. The first-order valence-electron chi connectivity index (χ1n) is 9.82. The van der Waals surface area contributed by atoms with E-state index in [2.05, 4.69) is 17.0 Å². The maximum Gasteiger partial charge on any atom is 0.162 e. The molecule has 27 heavy (non-hydrogen) atoms. The number of halogens is 1. The fourth-order valence-corrected chi connectivity index (χ4v) is 3.71. The summed E-state index contributed by atoms with van der Waals surface area (Å²) in [5.41, 5.74) is 1.27. The number of nitrogens with zero attached hydrogens (tertiary/aromatic N) is 1. The molecule has 2 aromatic rings. The Balaban J connectivity index is 1.36. The number of piperidine rings is 1. The number of carbonyl (C=O) groups excluding carboxylic acids is 1. The third-order valence-corrected chi connectivity index (χ3v) is 5.55. The summed E-state index contributed by atoms with van der Waals surface area (Å²) in [7, 11) is 0. The molecule has 1 aliphatic heterocycles. The van der Waals surface area contributed by atoms with Gasteiger partial charge in [-0.1, -0.05) is 30.3 Å². The molecule has 1 heterocycles. The van der Waals surface area contributed by atoms with Gasteiger partial charge in [-0.05, 0) is 68.5 Å². The van der Waals surface area contributed by atoms with Crippen molar-refractivity contribution in [3.63, 3.8) is 0 Å². The molecule has 3 nitrogen and oxygen atoms in total. The summed E-state index contributed by atoms with van der Waals surface area (Å²) >= 11 is 0. The monoisotopic (exact) mass is 369 g/mol. The second kappa shape index (κ2) is 9.25. The molecular formula is C23H28FNO2. The molecule has 0 atom stereocenters. The van der Waals surface area contributed by atoms with Gasteiger partial charge in [0.2, 0.25) is 0 Å². The van der Waals surface area contributed by atoms with E-state index in [9.17, 15) is 14.3 Å². The second-order valence-corrected chi connectivity index (χ2v) is 7.59. The summed E-state index contributed by atoms with van der Waals surface area (Å²) in [6.45, 7) is 2.60. The van der Waals surface area contributed by atoms with Crippen molar-refractivity contribution in [3.8, 4) is 0 Å². The van der Waals surface area contributed by atoms with Crippen molar-refractivity contribution >= 4 is 5.78 Å². The van der Waals surface area contributed by atoms with Crippen molar-refractivity contribution in [3.05, 3.63) is 71.5 Å². The van der Waals surface area contributed by atoms with Crippen molar-refractivity contribution in [2.45, 2.75) is 44.1 Å². The molecule has 1 fully saturated rings. The minimum Gasteiger partial charge on any atom is -0.390 e. The van der Waals surface area contributed by atoms with Gasteiger partial charge in [0.05, 0.1) is 5.60 Å². The lowest BCUT2D eigenvalue weighted by molar-refractivity contribution is -0.0274. The van der Waals surface area contributed by atoms with Crippen LogP contribution >= 0.6 is 0 Å². The van der Waals surface area contributed by atoms with Gasteiger partial charge in [-0.3, -0.25) is 4.79 Å². The Morgan fingerprint density at radius 2 is 1.70 bits per heavy atom. The smallest absolute Gasteiger partial charge is 0.162 e. The normalized spacial score (nSPS) is 17.0. The molecule has 144 valence electrons. The summed E-state index contributed by atoms with van der Waals surface area (Å²) in [4.78, 5) is 14.5. The number of hydrogen-bond acceptors (Lipinski definition) is 3. The molecule has 1 saturated heterocycles. The fraction of sp³-hybridized carbons (Fsp3) is 0.435. The SMILES string of the molecule is O=C(CCCN1CCC(O)(CCc2ccccc2)CC1)c1ccc(F)cc1. The highest BCUT2D eigenvalue weighted by atomic mass is 19.1. The lowest BCUT2D eigenvalue weighted by Gasteiger charge is -2.38. The lowest BCUT2D eigenvalue weighted by Crippen LogP contribution is -2.44. The molecule has 0 aliphatic carbocycles. The second-order valence-electron chi connectivity index (χ2n) is 7.59. The Morgan fingerprint density at radius 1 is 1.04 bits per heavy atom. The molecule has 3 rings (SSSR count). The number of likely N-dealkylation sites (tertiary alicyclic amines) is 1. The van der Waals surface area contributed by atoms with Crippen LogP contribution in [0.1, 0.15) is 48.0 Å². The molecule has 0 amide bonds. The molecule has 0 radical (unpaired) electrons. The maximum absolute atomic E-state index is 12.9. The zero-order valence-corrected chi connectivity index (χ0v) is 15.7. The Kier molecular flexibility index (Phi) is 6.75. The number of rotatable bonds is 8. The average Bonchev–Trinajstić information content (AvgIpc) is 2.69. The highest BCUT2D eigenvalue weighted by Crippen LogP contribution is 2.27. The van der Waals surface area contributed by atoms with E-state index in [1.54, 1.807) is 12.1 Å². The molecule has 1 N–H and O–H groups in total. The molecular weight excluding hydrogens is 341 g/mol. The van der Waals surface area contributed by atoms with E-state index < -0.39 is 5.60 Å². The third kappa shape index (κ3) is 5.98. The van der Waals surface area contributed by atoms with E-state index in [1.165, 1.54) is 17.7 Å². The van der Waals surface area contributed by atoms with Crippen LogP contribution in [0, 0.1) is 5.82 Å². The molecule has 0 aromatic heterocycles. The third-order valence-electron chi connectivity index (χ3n) is 5.55. The lowest BCUT2D eigenvalue weighted by atomic mass is 9.85. The fourth-order valence-electron chi connectivity index (χ4n) is 3.71. The highest BCUT2D eigenvalue weighted by Gasteiger charge is 2.31. The molecule has 0 spiro atoms. The maximum atomic E-state index is 12.9. The quantitative estimate of drug-likeness (QED) is 0.707. The average molecular weight is 369 g/mol. The predicted octanol–water partition coefficient (Wildman–Crippen LogP) is 4.25. The zero-order valence-electron chi connectivity index (χ0n) is 15.7. The van der Waals surface area contributed by atoms with Crippen LogP contribution in [0.4, 0.5) is 4.39 Å². The van der Waals surface area contributed by atoms with Gasteiger partial charge < -0.3 is 10.0 Å². The molecule has 0 saturated carbocycles. The molecule has 4 heteroatoms. The number of benzene rings is 2. The van der Waals surface area contributed by atoms with Crippen LogP contribution in [0.25, 0.3) is 0 Å². The Hall–Kier alpha value is -2.04. The summed E-state index contributed by atoms with van der Waals surface area (Å²) in [5, 5.41) is 10.8. The number of aliphatic hydroxyl groups is 1. The van der Waals surface area contributed by atoms with Gasteiger partial charge in [0.15, 0.2) is 5.78 Å². The molecule has 2 aromatic carbocycles. The topological polar surface area (TPSA) is 40.5 Å². The van der Waals surface area contributed by atoms with Crippen LogP contribution in [-0.4, -0.2) is 41.0 Å². The van der Waals surface area contributed by atoms with E-state index >= 15 is 0 Å². The molecule has 0 unspecified atom stereocenters. The number of carbonyl (C=O) groups is 1. The van der Waals surface area contributed by atoms with Gasteiger partial charge in [-0.2, -0.15) is 0 Å².